The van der Waals surface area contributed by atoms with Gasteiger partial charge in [-0.3, -0.25) is 14.9 Å². The smallest absolute Gasteiger partial charge is 0.289 e. The minimum absolute atomic E-state index is 0.122. The molecule has 0 aromatic heterocycles. The SMILES string of the molecule is CCC(=O)Nc1ccc(C(C)NS(=O)(=O)c2ccccc2[N+](=O)[O-])cc1. The summed E-state index contributed by atoms with van der Waals surface area (Å²) in [7, 11) is -4.08. The summed E-state index contributed by atoms with van der Waals surface area (Å²) >= 11 is 0. The Hall–Kier alpha value is -2.78. The van der Waals surface area contributed by atoms with E-state index < -0.39 is 26.7 Å². The molecule has 1 atom stereocenters. The number of carbonyl (C=O) groups excluding carboxylic acids is 1. The second-order valence-electron chi connectivity index (χ2n) is 5.59. The highest BCUT2D eigenvalue weighted by Gasteiger charge is 2.26. The first kappa shape index (κ1) is 19.5. The number of hydrogen-bond donors (Lipinski definition) is 2. The quantitative estimate of drug-likeness (QED) is 0.568. The van der Waals surface area contributed by atoms with Gasteiger partial charge >= 0.3 is 0 Å². The molecule has 0 saturated carbocycles. The molecule has 2 rings (SSSR count). The summed E-state index contributed by atoms with van der Waals surface area (Å²) in [5.41, 5.74) is 0.779. The summed E-state index contributed by atoms with van der Waals surface area (Å²) in [6.45, 7) is 3.37. The van der Waals surface area contributed by atoms with Gasteiger partial charge < -0.3 is 5.32 Å². The van der Waals surface area contributed by atoms with Gasteiger partial charge in [0.25, 0.3) is 5.69 Å². The molecule has 0 saturated heterocycles. The molecule has 0 radical (unpaired) electrons. The topological polar surface area (TPSA) is 118 Å². The van der Waals surface area contributed by atoms with Gasteiger partial charge in [-0.2, -0.15) is 0 Å². The third-order valence-corrected chi connectivity index (χ3v) is 5.29. The van der Waals surface area contributed by atoms with Gasteiger partial charge in [0.2, 0.25) is 15.9 Å². The fourth-order valence-electron chi connectivity index (χ4n) is 2.30. The molecule has 0 aliphatic carbocycles. The van der Waals surface area contributed by atoms with Gasteiger partial charge in [0.15, 0.2) is 4.90 Å². The number of carbonyl (C=O) groups is 1. The lowest BCUT2D eigenvalue weighted by Crippen LogP contribution is -2.27. The molecule has 1 amide bonds. The summed E-state index contributed by atoms with van der Waals surface area (Å²) in [5.74, 6) is -0.122. The average molecular weight is 377 g/mol. The number of rotatable bonds is 7. The van der Waals surface area contributed by atoms with Crippen LogP contribution in [0.4, 0.5) is 11.4 Å². The number of amides is 1. The predicted molar refractivity (Wildman–Crippen MR) is 97.2 cm³/mol. The van der Waals surface area contributed by atoms with Crippen molar-refractivity contribution in [3.8, 4) is 0 Å². The van der Waals surface area contributed by atoms with Crippen LogP contribution in [-0.4, -0.2) is 19.2 Å². The highest BCUT2D eigenvalue weighted by atomic mass is 32.2. The third kappa shape index (κ3) is 4.64. The van der Waals surface area contributed by atoms with Crippen molar-refractivity contribution in [2.75, 3.05) is 5.32 Å². The molecule has 0 aliphatic heterocycles. The molecular formula is C17H19N3O5S. The van der Waals surface area contributed by atoms with Crippen molar-refractivity contribution in [1.82, 2.24) is 4.72 Å². The van der Waals surface area contributed by atoms with Crippen molar-refractivity contribution in [2.24, 2.45) is 0 Å². The normalized spacial score (nSPS) is 12.4. The Morgan fingerprint density at radius 3 is 2.35 bits per heavy atom. The Morgan fingerprint density at radius 1 is 1.15 bits per heavy atom. The van der Waals surface area contributed by atoms with Crippen molar-refractivity contribution in [1.29, 1.82) is 0 Å². The second kappa shape index (κ2) is 8.07. The Balaban J connectivity index is 2.20. The van der Waals surface area contributed by atoms with Crippen LogP contribution in [0.25, 0.3) is 0 Å². The van der Waals surface area contributed by atoms with E-state index in [1.165, 1.54) is 18.2 Å². The van der Waals surface area contributed by atoms with E-state index in [-0.39, 0.29) is 10.8 Å². The number of nitro benzene ring substituents is 1. The molecule has 2 aromatic rings. The zero-order valence-corrected chi connectivity index (χ0v) is 15.1. The monoisotopic (exact) mass is 377 g/mol. The first-order chi connectivity index (χ1) is 12.2. The predicted octanol–water partition coefficient (Wildman–Crippen LogP) is 2.98. The summed E-state index contributed by atoms with van der Waals surface area (Å²) in [5, 5.41) is 13.8. The summed E-state index contributed by atoms with van der Waals surface area (Å²) in [4.78, 5) is 21.3. The van der Waals surface area contributed by atoms with E-state index in [0.29, 0.717) is 17.7 Å². The van der Waals surface area contributed by atoms with Gasteiger partial charge in [-0.05, 0) is 30.7 Å². The van der Waals surface area contributed by atoms with Gasteiger partial charge in [0.1, 0.15) is 0 Å². The Bertz CT molecular complexity index is 910. The fourth-order valence-corrected chi connectivity index (χ4v) is 3.71. The first-order valence-corrected chi connectivity index (χ1v) is 9.38. The van der Waals surface area contributed by atoms with Gasteiger partial charge in [-0.15, -0.1) is 0 Å². The fraction of sp³-hybridized carbons (Fsp3) is 0.235. The number of sulfonamides is 1. The molecule has 2 aromatic carbocycles. The molecular weight excluding hydrogens is 358 g/mol. The van der Waals surface area contributed by atoms with Crippen molar-refractivity contribution in [3.63, 3.8) is 0 Å². The number of para-hydroxylation sites is 1. The maximum Gasteiger partial charge on any atom is 0.289 e. The lowest BCUT2D eigenvalue weighted by Gasteiger charge is -2.15. The van der Waals surface area contributed by atoms with E-state index in [1.54, 1.807) is 38.1 Å². The van der Waals surface area contributed by atoms with E-state index in [4.69, 9.17) is 0 Å². The van der Waals surface area contributed by atoms with Crippen molar-refractivity contribution >= 4 is 27.3 Å². The maximum absolute atomic E-state index is 12.5. The van der Waals surface area contributed by atoms with E-state index in [0.717, 1.165) is 6.07 Å². The largest absolute Gasteiger partial charge is 0.326 e. The molecule has 26 heavy (non-hydrogen) atoms. The van der Waals surface area contributed by atoms with Crippen LogP contribution in [0.1, 0.15) is 31.9 Å². The van der Waals surface area contributed by atoms with Crippen LogP contribution in [-0.2, 0) is 14.8 Å². The molecule has 8 nitrogen and oxygen atoms in total. The van der Waals surface area contributed by atoms with Gasteiger partial charge in [-0.25, -0.2) is 13.1 Å². The lowest BCUT2D eigenvalue weighted by atomic mass is 10.1. The van der Waals surface area contributed by atoms with Crippen LogP contribution >= 0.6 is 0 Å². The van der Waals surface area contributed by atoms with Gasteiger partial charge in [0, 0.05) is 24.2 Å². The summed E-state index contributed by atoms with van der Waals surface area (Å²) < 4.78 is 27.5. The second-order valence-corrected chi connectivity index (χ2v) is 7.27. The van der Waals surface area contributed by atoms with Crippen LogP contribution in [0.3, 0.4) is 0 Å². The highest BCUT2D eigenvalue weighted by Crippen LogP contribution is 2.25. The molecule has 1 unspecified atom stereocenters. The van der Waals surface area contributed by atoms with Crippen LogP contribution < -0.4 is 10.0 Å². The molecule has 0 aliphatic rings. The minimum atomic E-state index is -4.08. The number of benzene rings is 2. The highest BCUT2D eigenvalue weighted by molar-refractivity contribution is 7.89. The Kier molecular flexibility index (Phi) is 6.06. The van der Waals surface area contributed by atoms with Crippen molar-refractivity contribution in [3.05, 3.63) is 64.2 Å². The minimum Gasteiger partial charge on any atom is -0.326 e. The standard InChI is InChI=1S/C17H19N3O5S/c1-3-17(21)18-14-10-8-13(9-11-14)12(2)19-26(24,25)16-7-5-4-6-15(16)20(22)23/h4-12,19H,3H2,1-2H3,(H,18,21). The van der Waals surface area contributed by atoms with Crippen LogP contribution in [0.2, 0.25) is 0 Å². The zero-order valence-electron chi connectivity index (χ0n) is 14.3. The number of nitrogens with one attached hydrogen (secondary N) is 2. The molecule has 138 valence electrons. The Morgan fingerprint density at radius 2 is 1.77 bits per heavy atom. The lowest BCUT2D eigenvalue weighted by molar-refractivity contribution is -0.387. The summed E-state index contributed by atoms with van der Waals surface area (Å²) in [6, 6.07) is 11.2. The average Bonchev–Trinajstić information content (AvgIpc) is 2.61. The Labute approximate surface area is 151 Å². The molecule has 0 bridgehead atoms. The number of anilines is 1. The molecule has 9 heteroatoms. The zero-order chi connectivity index (χ0) is 19.3. The molecule has 0 heterocycles. The van der Waals surface area contributed by atoms with Crippen LogP contribution in [0.15, 0.2) is 53.4 Å². The van der Waals surface area contributed by atoms with Crippen LogP contribution in [0, 0.1) is 10.1 Å². The molecule has 0 spiro atoms. The van der Waals surface area contributed by atoms with Crippen LogP contribution in [0.5, 0.6) is 0 Å². The third-order valence-electron chi connectivity index (χ3n) is 3.70. The van der Waals surface area contributed by atoms with Gasteiger partial charge in [-0.1, -0.05) is 31.2 Å². The van der Waals surface area contributed by atoms with Crippen molar-refractivity contribution in [2.45, 2.75) is 31.2 Å². The van der Waals surface area contributed by atoms with E-state index in [1.807, 2.05) is 0 Å². The summed E-state index contributed by atoms with van der Waals surface area (Å²) in [6.07, 6.45) is 0.355. The number of hydrogen-bond acceptors (Lipinski definition) is 5. The maximum atomic E-state index is 12.5. The first-order valence-electron chi connectivity index (χ1n) is 7.90. The van der Waals surface area contributed by atoms with E-state index in [9.17, 15) is 23.3 Å². The molecule has 2 N–H and O–H groups in total. The van der Waals surface area contributed by atoms with Crippen molar-refractivity contribution < 1.29 is 18.1 Å². The molecule has 0 fully saturated rings. The van der Waals surface area contributed by atoms with E-state index in [2.05, 4.69) is 10.0 Å². The van der Waals surface area contributed by atoms with E-state index >= 15 is 0 Å². The number of nitro groups is 1. The van der Waals surface area contributed by atoms with Gasteiger partial charge in [0.05, 0.1) is 4.92 Å². The number of nitrogens with zero attached hydrogens (tertiary/aromatic N) is 1.